The minimum atomic E-state index is -1.20. The Kier molecular flexibility index (Phi) is 8.70. The van der Waals surface area contributed by atoms with E-state index in [1.807, 2.05) is 6.07 Å². The van der Waals surface area contributed by atoms with Crippen molar-refractivity contribution in [1.82, 2.24) is 25.9 Å². The second kappa shape index (κ2) is 11.5. The molecule has 11 nitrogen and oxygen atoms in total. The molecule has 0 spiro atoms. The molecule has 0 aliphatic rings. The summed E-state index contributed by atoms with van der Waals surface area (Å²) in [6.45, 7) is 0.853. The molecule has 1 aromatic heterocycles. The molecule has 2 rings (SSSR count). The summed E-state index contributed by atoms with van der Waals surface area (Å²) in [6.07, 6.45) is 3.42. The number of aliphatic carboxylic acids is 1. The zero-order valence-electron chi connectivity index (χ0n) is 17.0. The van der Waals surface area contributed by atoms with Crippen LogP contribution in [-0.2, 0) is 32.0 Å². The van der Waals surface area contributed by atoms with Crippen LogP contribution in [0.2, 0.25) is 0 Å². The lowest BCUT2D eigenvalue weighted by molar-refractivity contribution is -0.138. The van der Waals surface area contributed by atoms with Gasteiger partial charge in [-0.05, 0) is 12.5 Å². The van der Waals surface area contributed by atoms with Gasteiger partial charge < -0.3 is 31.8 Å². The second-order valence-electron chi connectivity index (χ2n) is 6.98. The van der Waals surface area contributed by atoms with Crippen LogP contribution in [0.4, 0.5) is 0 Å². The quantitative estimate of drug-likeness (QED) is 0.257. The van der Waals surface area contributed by atoms with E-state index in [1.54, 1.807) is 30.5 Å². The molecule has 3 unspecified atom stereocenters. The maximum absolute atomic E-state index is 12.8. The molecule has 3 amide bonds. The number of hydrogen-bond donors (Lipinski definition) is 6. The Morgan fingerprint density at radius 1 is 1.06 bits per heavy atom. The summed E-state index contributed by atoms with van der Waals surface area (Å²) >= 11 is 0. The number of aromatic nitrogens is 2. The molecule has 0 saturated heterocycles. The van der Waals surface area contributed by atoms with E-state index < -0.39 is 48.4 Å². The molecule has 0 aliphatic carbocycles. The fourth-order valence-corrected chi connectivity index (χ4v) is 2.76. The SMILES string of the molecule is CC(NC(=O)C(Cc1ccccc1)NC(=O)C(N)Cc1cnc[nH]1)C(=O)NCC(=O)O. The lowest BCUT2D eigenvalue weighted by Crippen LogP contribution is -2.56. The number of rotatable bonds is 11. The first kappa shape index (κ1) is 23.5. The van der Waals surface area contributed by atoms with Gasteiger partial charge in [-0.25, -0.2) is 4.98 Å². The Labute approximate surface area is 178 Å². The van der Waals surface area contributed by atoms with Gasteiger partial charge in [0.1, 0.15) is 18.6 Å². The number of amides is 3. The number of carbonyl (C=O) groups is 4. The summed E-state index contributed by atoms with van der Waals surface area (Å²) < 4.78 is 0. The third kappa shape index (κ3) is 7.90. The summed E-state index contributed by atoms with van der Waals surface area (Å²) in [6, 6.07) is 6.14. The van der Waals surface area contributed by atoms with E-state index in [0.29, 0.717) is 5.69 Å². The van der Waals surface area contributed by atoms with Gasteiger partial charge in [0.2, 0.25) is 17.7 Å². The number of carboxylic acids is 1. The Morgan fingerprint density at radius 2 is 1.77 bits per heavy atom. The van der Waals surface area contributed by atoms with Gasteiger partial charge in [-0.2, -0.15) is 0 Å². The molecule has 11 heteroatoms. The number of nitrogens with one attached hydrogen (secondary N) is 4. The van der Waals surface area contributed by atoms with Gasteiger partial charge in [-0.1, -0.05) is 30.3 Å². The number of imidazole rings is 1. The first-order valence-corrected chi connectivity index (χ1v) is 9.63. The van der Waals surface area contributed by atoms with Gasteiger partial charge >= 0.3 is 5.97 Å². The van der Waals surface area contributed by atoms with Crippen LogP contribution in [0, 0.1) is 0 Å². The summed E-state index contributed by atoms with van der Waals surface area (Å²) in [5.41, 5.74) is 7.43. The molecule has 2 aromatic rings. The first-order valence-electron chi connectivity index (χ1n) is 9.63. The minimum absolute atomic E-state index is 0.179. The van der Waals surface area contributed by atoms with E-state index in [2.05, 4.69) is 25.9 Å². The van der Waals surface area contributed by atoms with Gasteiger partial charge in [-0.15, -0.1) is 0 Å². The number of carboxylic acid groups (broad SMARTS) is 1. The summed E-state index contributed by atoms with van der Waals surface area (Å²) in [5, 5.41) is 16.0. The lowest BCUT2D eigenvalue weighted by atomic mass is 10.0. The van der Waals surface area contributed by atoms with E-state index in [1.165, 1.54) is 13.3 Å². The van der Waals surface area contributed by atoms with Crippen LogP contribution in [0.5, 0.6) is 0 Å². The largest absolute Gasteiger partial charge is 0.480 e. The van der Waals surface area contributed by atoms with Crippen LogP contribution in [0.15, 0.2) is 42.9 Å². The number of nitrogens with zero attached hydrogens (tertiary/aromatic N) is 1. The average Bonchev–Trinajstić information content (AvgIpc) is 3.25. The van der Waals surface area contributed by atoms with E-state index in [9.17, 15) is 19.2 Å². The average molecular weight is 430 g/mol. The second-order valence-corrected chi connectivity index (χ2v) is 6.98. The summed E-state index contributed by atoms with van der Waals surface area (Å²) in [4.78, 5) is 54.7. The fourth-order valence-electron chi connectivity index (χ4n) is 2.76. The molecule has 1 heterocycles. The van der Waals surface area contributed by atoms with Crippen LogP contribution in [-0.4, -0.2) is 63.4 Å². The predicted molar refractivity (Wildman–Crippen MR) is 111 cm³/mol. The third-order valence-electron chi connectivity index (χ3n) is 4.41. The smallest absolute Gasteiger partial charge is 0.322 e. The molecule has 7 N–H and O–H groups in total. The molecule has 0 radical (unpaired) electrons. The molecule has 166 valence electrons. The van der Waals surface area contributed by atoms with Crippen LogP contribution in [0.3, 0.4) is 0 Å². The van der Waals surface area contributed by atoms with Crippen LogP contribution >= 0.6 is 0 Å². The van der Waals surface area contributed by atoms with Crippen molar-refractivity contribution in [1.29, 1.82) is 0 Å². The van der Waals surface area contributed by atoms with Gasteiger partial charge in [-0.3, -0.25) is 19.2 Å². The highest BCUT2D eigenvalue weighted by atomic mass is 16.4. The maximum atomic E-state index is 12.8. The normalized spacial score (nSPS) is 13.5. The number of benzene rings is 1. The van der Waals surface area contributed by atoms with E-state index in [-0.39, 0.29) is 12.8 Å². The molecule has 0 aliphatic heterocycles. The molecular formula is C20H26N6O5. The predicted octanol–water partition coefficient (Wildman–Crippen LogP) is -1.29. The van der Waals surface area contributed by atoms with Crippen molar-refractivity contribution in [3.8, 4) is 0 Å². The summed E-state index contributed by atoms with van der Waals surface area (Å²) in [5.74, 6) is -2.98. The topological polar surface area (TPSA) is 179 Å². The molecule has 0 saturated carbocycles. The Bertz CT molecular complexity index is 887. The van der Waals surface area contributed by atoms with Gasteiger partial charge in [0.15, 0.2) is 0 Å². The molecule has 1 aromatic carbocycles. The van der Waals surface area contributed by atoms with Gasteiger partial charge in [0.25, 0.3) is 0 Å². The molecule has 0 fully saturated rings. The Balaban J connectivity index is 2.04. The highest BCUT2D eigenvalue weighted by Gasteiger charge is 2.27. The zero-order chi connectivity index (χ0) is 22.8. The van der Waals surface area contributed by atoms with E-state index >= 15 is 0 Å². The Hall–Kier alpha value is -3.73. The standard InChI is InChI=1S/C20H26N6O5/c1-12(18(29)23-10-17(27)28)25-20(31)16(7-13-5-3-2-4-6-13)26-19(30)15(21)8-14-9-22-11-24-14/h2-6,9,11-12,15-16H,7-8,10,21H2,1H3,(H,22,24)(H,23,29)(H,25,31)(H,26,30)(H,27,28). The molecular weight excluding hydrogens is 404 g/mol. The summed E-state index contributed by atoms with van der Waals surface area (Å²) in [7, 11) is 0. The first-order chi connectivity index (χ1) is 14.8. The molecule has 31 heavy (non-hydrogen) atoms. The number of nitrogens with two attached hydrogens (primary N) is 1. The fraction of sp³-hybridized carbons (Fsp3) is 0.350. The zero-order valence-corrected chi connectivity index (χ0v) is 17.0. The maximum Gasteiger partial charge on any atom is 0.322 e. The third-order valence-corrected chi connectivity index (χ3v) is 4.41. The van der Waals surface area contributed by atoms with Crippen LogP contribution in [0.1, 0.15) is 18.2 Å². The van der Waals surface area contributed by atoms with Crippen molar-refractivity contribution in [3.05, 3.63) is 54.1 Å². The Morgan fingerprint density at radius 3 is 2.39 bits per heavy atom. The van der Waals surface area contributed by atoms with Gasteiger partial charge in [0.05, 0.1) is 12.4 Å². The minimum Gasteiger partial charge on any atom is -0.480 e. The van der Waals surface area contributed by atoms with Crippen molar-refractivity contribution >= 4 is 23.7 Å². The molecule has 3 atom stereocenters. The highest BCUT2D eigenvalue weighted by molar-refractivity contribution is 5.93. The number of hydrogen-bond acceptors (Lipinski definition) is 6. The molecule has 0 bridgehead atoms. The van der Waals surface area contributed by atoms with Crippen molar-refractivity contribution in [2.24, 2.45) is 5.73 Å². The monoisotopic (exact) mass is 430 g/mol. The number of carbonyl (C=O) groups excluding carboxylic acids is 3. The lowest BCUT2D eigenvalue weighted by Gasteiger charge is -2.22. The van der Waals surface area contributed by atoms with Crippen LogP contribution in [0.25, 0.3) is 0 Å². The highest BCUT2D eigenvalue weighted by Crippen LogP contribution is 2.05. The number of aromatic amines is 1. The van der Waals surface area contributed by atoms with Crippen molar-refractivity contribution in [3.63, 3.8) is 0 Å². The van der Waals surface area contributed by atoms with E-state index in [4.69, 9.17) is 10.8 Å². The van der Waals surface area contributed by atoms with Gasteiger partial charge in [0, 0.05) is 24.7 Å². The number of H-pyrrole nitrogens is 1. The van der Waals surface area contributed by atoms with Crippen molar-refractivity contribution in [2.75, 3.05) is 6.54 Å². The van der Waals surface area contributed by atoms with Crippen LogP contribution < -0.4 is 21.7 Å². The van der Waals surface area contributed by atoms with Crippen molar-refractivity contribution in [2.45, 2.75) is 37.9 Å². The van der Waals surface area contributed by atoms with Crippen molar-refractivity contribution < 1.29 is 24.3 Å². The van der Waals surface area contributed by atoms with E-state index in [0.717, 1.165) is 5.56 Å².